The molecule has 1 aromatic carbocycles. The molecule has 0 heterocycles. The molecule has 1 aromatic rings. The molecule has 0 saturated heterocycles. The fourth-order valence-corrected chi connectivity index (χ4v) is 1.67. The second-order valence-corrected chi connectivity index (χ2v) is 3.72. The maximum Gasteiger partial charge on any atom is 0.294 e. The fraction of sp³-hybridized carbons (Fsp3) is 0.500. The van der Waals surface area contributed by atoms with E-state index < -0.39 is 4.92 Å². The largest absolute Gasteiger partial charge is 0.395 e. The number of hydroxylamine groups is 1. The molecule has 20 heavy (non-hydrogen) atoms. The van der Waals surface area contributed by atoms with Crippen LogP contribution in [-0.4, -0.2) is 36.3 Å². The first kappa shape index (κ1) is 18.4. The molecule has 0 amide bonds. The van der Waals surface area contributed by atoms with E-state index in [1.807, 2.05) is 13.8 Å². The van der Waals surface area contributed by atoms with Gasteiger partial charge in [-0.2, -0.15) is 0 Å². The van der Waals surface area contributed by atoms with Crippen molar-refractivity contribution in [2.75, 3.05) is 36.7 Å². The first-order chi connectivity index (χ1) is 9.13. The van der Waals surface area contributed by atoms with Crippen LogP contribution in [0.4, 0.5) is 17.1 Å². The van der Waals surface area contributed by atoms with Crippen LogP contribution in [0, 0.1) is 10.1 Å². The second kappa shape index (κ2) is 9.35. The van der Waals surface area contributed by atoms with E-state index in [0.29, 0.717) is 24.5 Å². The summed E-state index contributed by atoms with van der Waals surface area (Å²) in [5, 5.41) is 24.2. The molecule has 0 aromatic heterocycles. The monoisotopic (exact) mass is 305 g/mol. The lowest BCUT2D eigenvalue weighted by atomic mass is 10.2. The van der Waals surface area contributed by atoms with E-state index in [0.717, 1.165) is 0 Å². The van der Waals surface area contributed by atoms with Crippen molar-refractivity contribution >= 4 is 29.5 Å². The van der Waals surface area contributed by atoms with Gasteiger partial charge < -0.3 is 10.4 Å². The minimum atomic E-state index is -0.455. The van der Waals surface area contributed by atoms with Crippen LogP contribution in [0.2, 0.25) is 0 Å². The van der Waals surface area contributed by atoms with Crippen LogP contribution < -0.4 is 10.4 Å². The zero-order valence-corrected chi connectivity index (χ0v) is 12.4. The molecule has 0 aliphatic carbocycles. The lowest BCUT2D eigenvalue weighted by molar-refractivity contribution is -0.383. The maximum atomic E-state index is 11.0. The molecule has 114 valence electrons. The molecule has 0 spiro atoms. The summed E-state index contributed by atoms with van der Waals surface area (Å²) >= 11 is 0. The van der Waals surface area contributed by atoms with Gasteiger partial charge in [0.1, 0.15) is 5.69 Å². The molecule has 1 rings (SSSR count). The summed E-state index contributed by atoms with van der Waals surface area (Å²) in [6.07, 6.45) is 0. The summed E-state index contributed by atoms with van der Waals surface area (Å²) in [6, 6.07) is 4.82. The zero-order valence-electron chi connectivity index (χ0n) is 11.5. The number of benzene rings is 1. The summed E-state index contributed by atoms with van der Waals surface area (Å²) in [5.74, 6) is 0. The van der Waals surface area contributed by atoms with Crippen molar-refractivity contribution in [3.05, 3.63) is 28.3 Å². The van der Waals surface area contributed by atoms with Crippen molar-refractivity contribution < 1.29 is 14.9 Å². The molecule has 7 nitrogen and oxygen atoms in total. The Morgan fingerprint density at radius 3 is 2.65 bits per heavy atom. The Balaban J connectivity index is 0.00000361. The molecule has 0 aliphatic heterocycles. The van der Waals surface area contributed by atoms with E-state index in [1.54, 1.807) is 17.2 Å². The Morgan fingerprint density at radius 1 is 1.45 bits per heavy atom. The Kier molecular flexibility index (Phi) is 8.62. The number of hydrogen-bond acceptors (Lipinski definition) is 6. The summed E-state index contributed by atoms with van der Waals surface area (Å²) in [7, 11) is 0. The van der Waals surface area contributed by atoms with Crippen LogP contribution in [0.15, 0.2) is 18.2 Å². The highest BCUT2D eigenvalue weighted by Crippen LogP contribution is 2.29. The Morgan fingerprint density at radius 2 is 2.15 bits per heavy atom. The highest BCUT2D eigenvalue weighted by Gasteiger charge is 2.16. The third kappa shape index (κ3) is 4.84. The first-order valence-electron chi connectivity index (χ1n) is 6.17. The van der Waals surface area contributed by atoms with Gasteiger partial charge in [-0.1, -0.05) is 0 Å². The lowest BCUT2D eigenvalue weighted by Gasteiger charge is -2.21. The molecular weight excluding hydrogens is 286 g/mol. The van der Waals surface area contributed by atoms with Crippen LogP contribution in [0.1, 0.15) is 13.8 Å². The van der Waals surface area contributed by atoms with Crippen LogP contribution >= 0.6 is 12.4 Å². The van der Waals surface area contributed by atoms with Gasteiger partial charge in [-0.15, -0.1) is 12.4 Å². The molecule has 0 fully saturated rings. The first-order valence-corrected chi connectivity index (χ1v) is 6.17. The SMILES string of the molecule is CCON(CC)c1ccc(NCCO)c([N+](=O)[O-])c1.Cl. The van der Waals surface area contributed by atoms with Gasteiger partial charge in [0.2, 0.25) is 0 Å². The number of nitrogens with zero attached hydrogens (tertiary/aromatic N) is 2. The van der Waals surface area contributed by atoms with E-state index in [1.165, 1.54) is 6.07 Å². The van der Waals surface area contributed by atoms with Crippen LogP contribution in [-0.2, 0) is 4.84 Å². The van der Waals surface area contributed by atoms with Crippen molar-refractivity contribution in [1.82, 2.24) is 0 Å². The summed E-state index contributed by atoms with van der Waals surface area (Å²) in [5.41, 5.74) is 0.977. The number of hydrogen-bond donors (Lipinski definition) is 2. The zero-order chi connectivity index (χ0) is 14.3. The minimum absolute atomic E-state index is 0. The van der Waals surface area contributed by atoms with Crippen LogP contribution in [0.25, 0.3) is 0 Å². The van der Waals surface area contributed by atoms with Crippen molar-refractivity contribution in [1.29, 1.82) is 0 Å². The predicted octanol–water partition coefficient (Wildman–Crippen LogP) is 2.20. The minimum Gasteiger partial charge on any atom is -0.395 e. The normalized spacial score (nSPS) is 9.75. The molecule has 0 radical (unpaired) electrons. The molecule has 0 atom stereocenters. The number of aliphatic hydroxyl groups is 1. The lowest BCUT2D eigenvalue weighted by Crippen LogP contribution is -2.23. The third-order valence-corrected chi connectivity index (χ3v) is 2.47. The quantitative estimate of drug-likeness (QED) is 0.565. The number of nitro groups is 1. The highest BCUT2D eigenvalue weighted by molar-refractivity contribution is 5.85. The average molecular weight is 306 g/mol. The Labute approximate surface area is 124 Å². The third-order valence-electron chi connectivity index (χ3n) is 2.47. The van der Waals surface area contributed by atoms with Crippen molar-refractivity contribution in [2.24, 2.45) is 0 Å². The van der Waals surface area contributed by atoms with E-state index in [-0.39, 0.29) is 31.2 Å². The van der Waals surface area contributed by atoms with Gasteiger partial charge in [0.15, 0.2) is 0 Å². The van der Waals surface area contributed by atoms with Gasteiger partial charge >= 0.3 is 0 Å². The summed E-state index contributed by atoms with van der Waals surface area (Å²) in [4.78, 5) is 16.0. The van der Waals surface area contributed by atoms with Crippen molar-refractivity contribution in [3.8, 4) is 0 Å². The van der Waals surface area contributed by atoms with E-state index in [2.05, 4.69) is 5.32 Å². The topological polar surface area (TPSA) is 87.9 Å². The van der Waals surface area contributed by atoms with Gasteiger partial charge in [0, 0.05) is 19.2 Å². The average Bonchev–Trinajstić information content (AvgIpc) is 2.42. The molecule has 0 bridgehead atoms. The molecular formula is C12H20ClN3O4. The Bertz CT molecular complexity index is 431. The second-order valence-electron chi connectivity index (χ2n) is 3.72. The molecule has 2 N–H and O–H groups in total. The standard InChI is InChI=1S/C12H19N3O4.ClH/c1-3-14(19-4-2)10-5-6-11(13-7-8-16)12(9-10)15(17)18;/h5-6,9,13,16H,3-4,7-8H2,1-2H3;1H. The summed E-state index contributed by atoms with van der Waals surface area (Å²) < 4.78 is 0. The molecule has 0 unspecified atom stereocenters. The van der Waals surface area contributed by atoms with Gasteiger partial charge in [-0.25, -0.2) is 0 Å². The van der Waals surface area contributed by atoms with Gasteiger partial charge in [-0.3, -0.25) is 20.0 Å². The number of halogens is 1. The van der Waals surface area contributed by atoms with E-state index in [4.69, 9.17) is 9.94 Å². The van der Waals surface area contributed by atoms with Crippen LogP contribution in [0.3, 0.4) is 0 Å². The number of anilines is 2. The van der Waals surface area contributed by atoms with Crippen LogP contribution in [0.5, 0.6) is 0 Å². The Hall–Kier alpha value is -1.57. The summed E-state index contributed by atoms with van der Waals surface area (Å²) in [6.45, 7) is 5.02. The van der Waals surface area contributed by atoms with Gasteiger partial charge in [0.25, 0.3) is 5.69 Å². The highest BCUT2D eigenvalue weighted by atomic mass is 35.5. The predicted molar refractivity (Wildman–Crippen MR) is 80.6 cm³/mol. The molecule has 0 saturated carbocycles. The van der Waals surface area contributed by atoms with Gasteiger partial charge in [-0.05, 0) is 26.0 Å². The number of nitro benzene ring substituents is 1. The van der Waals surface area contributed by atoms with Crippen molar-refractivity contribution in [2.45, 2.75) is 13.8 Å². The maximum absolute atomic E-state index is 11.0. The smallest absolute Gasteiger partial charge is 0.294 e. The molecule has 8 heteroatoms. The van der Waals surface area contributed by atoms with Gasteiger partial charge in [0.05, 0.1) is 23.8 Å². The molecule has 0 aliphatic rings. The van der Waals surface area contributed by atoms with Crippen molar-refractivity contribution in [3.63, 3.8) is 0 Å². The van der Waals surface area contributed by atoms with E-state index >= 15 is 0 Å². The number of aliphatic hydroxyl groups excluding tert-OH is 1. The van der Waals surface area contributed by atoms with E-state index in [9.17, 15) is 10.1 Å². The number of nitrogens with one attached hydrogen (secondary N) is 1. The number of rotatable bonds is 8. The fourth-order valence-electron chi connectivity index (χ4n) is 1.67.